The normalized spacial score (nSPS) is 10.0. The van der Waals surface area contributed by atoms with Crippen molar-refractivity contribution >= 4 is 23.5 Å². The van der Waals surface area contributed by atoms with E-state index in [2.05, 4.69) is 5.32 Å². The summed E-state index contributed by atoms with van der Waals surface area (Å²) < 4.78 is 0. The number of anilines is 1. The van der Waals surface area contributed by atoms with Crippen molar-refractivity contribution in [3.05, 3.63) is 29.8 Å². The van der Waals surface area contributed by atoms with Crippen LogP contribution < -0.4 is 5.32 Å². The average molecular weight is 237 g/mol. The lowest BCUT2D eigenvalue weighted by molar-refractivity contribution is -0.150. The maximum atomic E-state index is 10.9. The lowest BCUT2D eigenvalue weighted by Gasteiger charge is -2.13. The topological polar surface area (TPSA) is 104 Å². The van der Waals surface area contributed by atoms with Crippen LogP contribution in [0.2, 0.25) is 0 Å². The number of hydrogen-bond acceptors (Lipinski definition) is 3. The Balaban J connectivity index is 3.23. The molecule has 0 saturated carbocycles. The summed E-state index contributed by atoms with van der Waals surface area (Å²) in [5.74, 6) is -5.05. The van der Waals surface area contributed by atoms with Crippen molar-refractivity contribution in [2.75, 3.05) is 5.32 Å². The van der Waals surface area contributed by atoms with Gasteiger partial charge in [-0.3, -0.25) is 14.4 Å². The van der Waals surface area contributed by atoms with Gasteiger partial charge in [-0.1, -0.05) is 18.2 Å². The first-order valence-electron chi connectivity index (χ1n) is 4.75. The summed E-state index contributed by atoms with van der Waals surface area (Å²) in [7, 11) is 0. The molecule has 0 atom stereocenters. The minimum absolute atomic E-state index is 0.0442. The Labute approximate surface area is 96.9 Å². The van der Waals surface area contributed by atoms with Crippen LogP contribution in [-0.4, -0.2) is 28.1 Å². The van der Waals surface area contributed by atoms with E-state index < -0.39 is 23.8 Å². The van der Waals surface area contributed by atoms with Gasteiger partial charge < -0.3 is 15.5 Å². The van der Waals surface area contributed by atoms with Gasteiger partial charge in [0.1, 0.15) is 0 Å². The molecule has 0 aliphatic rings. The fourth-order valence-electron chi connectivity index (χ4n) is 1.42. The number of amides is 1. The lowest BCUT2D eigenvalue weighted by atomic mass is 9.97. The number of carboxylic acid groups (broad SMARTS) is 2. The smallest absolute Gasteiger partial charge is 0.322 e. The molecule has 0 heterocycles. The first-order chi connectivity index (χ1) is 7.93. The number of carbonyl (C=O) groups excluding carboxylic acids is 1. The lowest BCUT2D eigenvalue weighted by Crippen LogP contribution is -2.23. The molecule has 0 saturated heterocycles. The Hall–Kier alpha value is -2.37. The van der Waals surface area contributed by atoms with Gasteiger partial charge in [0.05, 0.1) is 0 Å². The molecule has 1 rings (SSSR count). The summed E-state index contributed by atoms with van der Waals surface area (Å²) in [4.78, 5) is 32.7. The highest BCUT2D eigenvalue weighted by Gasteiger charge is 2.30. The van der Waals surface area contributed by atoms with Gasteiger partial charge in [0.15, 0.2) is 5.92 Å². The molecule has 0 aromatic heterocycles. The van der Waals surface area contributed by atoms with Crippen LogP contribution in [0.1, 0.15) is 18.4 Å². The zero-order chi connectivity index (χ0) is 13.0. The third kappa shape index (κ3) is 3.04. The van der Waals surface area contributed by atoms with E-state index in [0.717, 1.165) is 0 Å². The zero-order valence-corrected chi connectivity index (χ0v) is 9.01. The van der Waals surface area contributed by atoms with Crippen molar-refractivity contribution < 1.29 is 24.6 Å². The van der Waals surface area contributed by atoms with Gasteiger partial charge in [-0.25, -0.2) is 0 Å². The second kappa shape index (κ2) is 5.11. The van der Waals surface area contributed by atoms with E-state index in [1.165, 1.54) is 25.1 Å². The SMILES string of the molecule is CC(=O)Nc1ccccc1C(C(=O)O)C(=O)O. The van der Waals surface area contributed by atoms with Crippen molar-refractivity contribution in [1.29, 1.82) is 0 Å². The van der Waals surface area contributed by atoms with Crippen LogP contribution >= 0.6 is 0 Å². The quantitative estimate of drug-likeness (QED) is 0.675. The largest absolute Gasteiger partial charge is 0.480 e. The van der Waals surface area contributed by atoms with Crippen LogP contribution in [0.4, 0.5) is 5.69 Å². The summed E-state index contributed by atoms with van der Waals surface area (Å²) >= 11 is 0. The molecular formula is C11H11NO5. The van der Waals surface area contributed by atoms with Gasteiger partial charge in [-0.05, 0) is 6.07 Å². The van der Waals surface area contributed by atoms with E-state index in [-0.39, 0.29) is 11.3 Å². The molecule has 1 aromatic rings. The van der Waals surface area contributed by atoms with E-state index >= 15 is 0 Å². The van der Waals surface area contributed by atoms with Crippen LogP contribution in [0, 0.1) is 0 Å². The summed E-state index contributed by atoms with van der Waals surface area (Å²) in [5, 5.41) is 20.1. The molecule has 1 aromatic carbocycles. The third-order valence-electron chi connectivity index (χ3n) is 2.08. The van der Waals surface area contributed by atoms with Crippen molar-refractivity contribution in [3.8, 4) is 0 Å². The molecular weight excluding hydrogens is 226 g/mol. The van der Waals surface area contributed by atoms with Crippen LogP contribution in [0.15, 0.2) is 24.3 Å². The molecule has 0 radical (unpaired) electrons. The van der Waals surface area contributed by atoms with E-state index in [4.69, 9.17) is 10.2 Å². The van der Waals surface area contributed by atoms with Gasteiger partial charge in [-0.15, -0.1) is 0 Å². The number of aliphatic carboxylic acids is 2. The van der Waals surface area contributed by atoms with E-state index in [0.29, 0.717) is 0 Å². The van der Waals surface area contributed by atoms with Crippen molar-refractivity contribution in [1.82, 2.24) is 0 Å². The molecule has 0 unspecified atom stereocenters. The van der Waals surface area contributed by atoms with E-state index in [9.17, 15) is 14.4 Å². The Kier molecular flexibility index (Phi) is 3.82. The second-order valence-corrected chi connectivity index (χ2v) is 3.38. The fraction of sp³-hybridized carbons (Fsp3) is 0.182. The van der Waals surface area contributed by atoms with Crippen LogP contribution in [0.3, 0.4) is 0 Å². The molecule has 6 nitrogen and oxygen atoms in total. The molecule has 0 bridgehead atoms. The standard InChI is InChI=1S/C11H11NO5/c1-6(13)12-8-5-3-2-4-7(8)9(10(14)15)11(16)17/h2-5,9H,1H3,(H,12,13)(H,14,15)(H,16,17). The number of carbonyl (C=O) groups is 3. The number of para-hydroxylation sites is 1. The Morgan fingerprint density at radius 2 is 1.65 bits per heavy atom. The molecule has 6 heteroatoms. The minimum atomic E-state index is -1.70. The third-order valence-corrected chi connectivity index (χ3v) is 2.08. The number of rotatable bonds is 4. The molecule has 0 fully saturated rings. The van der Waals surface area contributed by atoms with E-state index in [1.807, 2.05) is 0 Å². The summed E-state index contributed by atoms with van der Waals surface area (Å²) in [5.41, 5.74) is 0.234. The number of benzene rings is 1. The van der Waals surface area contributed by atoms with Gasteiger partial charge in [-0.2, -0.15) is 0 Å². The van der Waals surface area contributed by atoms with Crippen molar-refractivity contribution in [2.24, 2.45) is 0 Å². The predicted octanol–water partition coefficient (Wildman–Crippen LogP) is 0.898. The van der Waals surface area contributed by atoms with Crippen molar-refractivity contribution in [2.45, 2.75) is 12.8 Å². The number of carboxylic acids is 2. The van der Waals surface area contributed by atoms with Crippen molar-refractivity contribution in [3.63, 3.8) is 0 Å². The van der Waals surface area contributed by atoms with Gasteiger partial charge in [0, 0.05) is 18.2 Å². The highest BCUT2D eigenvalue weighted by atomic mass is 16.4. The van der Waals surface area contributed by atoms with Gasteiger partial charge >= 0.3 is 11.9 Å². The summed E-state index contributed by atoms with van der Waals surface area (Å²) in [6, 6.07) is 5.91. The Morgan fingerprint density at radius 1 is 1.12 bits per heavy atom. The zero-order valence-electron chi connectivity index (χ0n) is 9.01. The van der Waals surface area contributed by atoms with Crippen LogP contribution in [0.25, 0.3) is 0 Å². The molecule has 0 aliphatic heterocycles. The molecule has 0 aliphatic carbocycles. The monoisotopic (exact) mass is 237 g/mol. The van der Waals surface area contributed by atoms with Gasteiger partial charge in [0.25, 0.3) is 0 Å². The summed E-state index contributed by atoms with van der Waals surface area (Å²) in [6.07, 6.45) is 0. The molecule has 3 N–H and O–H groups in total. The maximum absolute atomic E-state index is 10.9. The van der Waals surface area contributed by atoms with Crippen LogP contribution in [0.5, 0.6) is 0 Å². The average Bonchev–Trinajstić information content (AvgIpc) is 2.18. The van der Waals surface area contributed by atoms with E-state index in [1.54, 1.807) is 6.07 Å². The molecule has 0 spiro atoms. The van der Waals surface area contributed by atoms with Gasteiger partial charge in [0.2, 0.25) is 5.91 Å². The molecule has 17 heavy (non-hydrogen) atoms. The molecule has 1 amide bonds. The highest BCUT2D eigenvalue weighted by molar-refractivity contribution is 6.01. The maximum Gasteiger partial charge on any atom is 0.322 e. The number of nitrogens with one attached hydrogen (secondary N) is 1. The first kappa shape index (κ1) is 12.7. The van der Waals surface area contributed by atoms with Crippen LogP contribution in [-0.2, 0) is 14.4 Å². The fourth-order valence-corrected chi connectivity index (χ4v) is 1.42. The molecule has 90 valence electrons. The number of hydrogen-bond donors (Lipinski definition) is 3. The predicted molar refractivity (Wildman–Crippen MR) is 58.8 cm³/mol. The Bertz CT molecular complexity index is 455. The Morgan fingerprint density at radius 3 is 2.12 bits per heavy atom. The summed E-state index contributed by atoms with van der Waals surface area (Å²) in [6.45, 7) is 1.26. The first-order valence-corrected chi connectivity index (χ1v) is 4.75. The highest BCUT2D eigenvalue weighted by Crippen LogP contribution is 2.25. The minimum Gasteiger partial charge on any atom is -0.480 e. The second-order valence-electron chi connectivity index (χ2n) is 3.38.